The molecule has 88 valence electrons. The second-order valence-electron chi connectivity index (χ2n) is 5.71. The summed E-state index contributed by atoms with van der Waals surface area (Å²) in [4.78, 5) is 0. The molecule has 1 fully saturated rings. The van der Waals surface area contributed by atoms with Crippen LogP contribution in [0.2, 0.25) is 5.15 Å². The number of aromatic nitrogens is 2. The van der Waals surface area contributed by atoms with Gasteiger partial charge in [0.1, 0.15) is 10.8 Å². The minimum absolute atomic E-state index is 0.0615. The Bertz CT molecular complexity index is 473. The Kier molecular flexibility index (Phi) is 1.71. The fourth-order valence-electron chi connectivity index (χ4n) is 2.52. The van der Waals surface area contributed by atoms with Crippen molar-refractivity contribution in [1.29, 1.82) is 0 Å². The highest BCUT2D eigenvalue weighted by atomic mass is 35.5. The van der Waals surface area contributed by atoms with E-state index in [1.807, 2.05) is 20.8 Å². The molecule has 0 bridgehead atoms. The van der Waals surface area contributed by atoms with Gasteiger partial charge in [0, 0.05) is 11.5 Å². The Morgan fingerprint density at radius 2 is 2.06 bits per heavy atom. The summed E-state index contributed by atoms with van der Waals surface area (Å²) in [6.45, 7) is 5.72. The number of rotatable bonds is 0. The van der Waals surface area contributed by atoms with E-state index in [9.17, 15) is 8.78 Å². The zero-order chi connectivity index (χ0) is 11.9. The molecule has 2 atom stereocenters. The second kappa shape index (κ2) is 2.61. The third kappa shape index (κ3) is 1.09. The molecule has 2 nitrogen and oxygen atoms in total. The molecule has 2 aliphatic rings. The highest BCUT2D eigenvalue weighted by Crippen LogP contribution is 2.68. The van der Waals surface area contributed by atoms with Gasteiger partial charge in [-0.05, 0) is 33.1 Å². The van der Waals surface area contributed by atoms with Gasteiger partial charge in [-0.3, -0.25) is 0 Å². The van der Waals surface area contributed by atoms with Crippen LogP contribution in [0, 0.1) is 5.92 Å². The van der Waals surface area contributed by atoms with E-state index in [1.165, 1.54) is 4.68 Å². The molecular weight excluding hydrogens is 234 g/mol. The highest BCUT2D eigenvalue weighted by molar-refractivity contribution is 6.30. The van der Waals surface area contributed by atoms with Crippen LogP contribution in [0.4, 0.5) is 8.78 Å². The molecule has 2 aliphatic carbocycles. The van der Waals surface area contributed by atoms with Crippen molar-refractivity contribution in [2.45, 2.75) is 44.6 Å². The van der Waals surface area contributed by atoms with Crippen LogP contribution in [-0.2, 0) is 11.5 Å². The SMILES string of the molecule is CC(C)(C)n1nc2c(c1Cl)[C@H]1CC1C2(F)F. The number of alkyl halides is 2. The van der Waals surface area contributed by atoms with Crippen molar-refractivity contribution in [2.24, 2.45) is 5.92 Å². The first-order valence-electron chi connectivity index (χ1n) is 5.41. The fourth-order valence-corrected chi connectivity index (χ4v) is 3.04. The maximum Gasteiger partial charge on any atom is 0.295 e. The lowest BCUT2D eigenvalue weighted by atomic mass is 10.1. The lowest BCUT2D eigenvalue weighted by Gasteiger charge is -2.21. The fraction of sp³-hybridized carbons (Fsp3) is 0.727. The van der Waals surface area contributed by atoms with E-state index < -0.39 is 11.8 Å². The standard InChI is InChI=1S/C11H13ClF2N2/c1-10(2,3)16-9(12)7-5-4-6(5)11(13,14)8(7)15-16/h5-6H,4H2,1-3H3/t5-,6?/m0/s1. The van der Waals surface area contributed by atoms with Crippen LogP contribution in [0.15, 0.2) is 0 Å². The summed E-state index contributed by atoms with van der Waals surface area (Å²) in [5, 5.41) is 4.43. The number of hydrogen-bond acceptors (Lipinski definition) is 1. The lowest BCUT2D eigenvalue weighted by molar-refractivity contribution is -0.0278. The second-order valence-corrected chi connectivity index (χ2v) is 6.07. The number of fused-ring (bicyclic) bond motifs is 3. The molecule has 1 aromatic heterocycles. The van der Waals surface area contributed by atoms with Gasteiger partial charge in [0.15, 0.2) is 0 Å². The Labute approximate surface area is 97.6 Å². The Hall–Kier alpha value is -0.640. The molecule has 0 amide bonds. The minimum atomic E-state index is -2.78. The molecule has 5 heteroatoms. The Balaban J connectivity index is 2.20. The topological polar surface area (TPSA) is 17.8 Å². The molecule has 0 radical (unpaired) electrons. The van der Waals surface area contributed by atoms with Gasteiger partial charge < -0.3 is 0 Å². The Morgan fingerprint density at radius 3 is 2.56 bits per heavy atom. The van der Waals surface area contributed by atoms with Crippen LogP contribution in [0.1, 0.15) is 44.4 Å². The van der Waals surface area contributed by atoms with Crippen LogP contribution in [0.3, 0.4) is 0 Å². The molecule has 3 rings (SSSR count). The predicted octanol–water partition coefficient (Wildman–Crippen LogP) is 3.50. The molecule has 1 heterocycles. The van der Waals surface area contributed by atoms with Crippen molar-refractivity contribution in [1.82, 2.24) is 9.78 Å². The van der Waals surface area contributed by atoms with Gasteiger partial charge in [0.2, 0.25) is 0 Å². The quantitative estimate of drug-likeness (QED) is 0.685. The molecule has 1 saturated carbocycles. The van der Waals surface area contributed by atoms with E-state index in [4.69, 9.17) is 11.6 Å². The van der Waals surface area contributed by atoms with Crippen LogP contribution < -0.4 is 0 Å². The molecule has 1 unspecified atom stereocenters. The van der Waals surface area contributed by atoms with Crippen LogP contribution in [0.5, 0.6) is 0 Å². The van der Waals surface area contributed by atoms with E-state index in [-0.39, 0.29) is 17.2 Å². The smallest absolute Gasteiger partial charge is 0.248 e. The summed E-state index contributed by atoms with van der Waals surface area (Å²) in [6.07, 6.45) is 0.551. The number of nitrogens with zero attached hydrogens (tertiary/aromatic N) is 2. The minimum Gasteiger partial charge on any atom is -0.248 e. The average molecular weight is 247 g/mol. The molecule has 0 aromatic carbocycles. The van der Waals surface area contributed by atoms with Gasteiger partial charge in [0.25, 0.3) is 5.92 Å². The molecule has 0 spiro atoms. The third-order valence-corrected chi connectivity index (χ3v) is 3.81. The van der Waals surface area contributed by atoms with Gasteiger partial charge in [-0.1, -0.05) is 11.6 Å². The maximum absolute atomic E-state index is 13.8. The van der Waals surface area contributed by atoms with Crippen molar-refractivity contribution in [2.75, 3.05) is 0 Å². The third-order valence-electron chi connectivity index (χ3n) is 3.44. The molecule has 1 aromatic rings. The largest absolute Gasteiger partial charge is 0.295 e. The van der Waals surface area contributed by atoms with Gasteiger partial charge in [-0.2, -0.15) is 13.9 Å². The van der Waals surface area contributed by atoms with Crippen LogP contribution >= 0.6 is 11.6 Å². The first-order chi connectivity index (χ1) is 7.24. The summed E-state index contributed by atoms with van der Waals surface area (Å²) < 4.78 is 29.2. The van der Waals surface area contributed by atoms with Crippen molar-refractivity contribution < 1.29 is 8.78 Å². The molecule has 0 aliphatic heterocycles. The summed E-state index contributed by atoms with van der Waals surface area (Å²) in [7, 11) is 0. The summed E-state index contributed by atoms with van der Waals surface area (Å²) in [5.41, 5.74) is 0.141. The predicted molar refractivity (Wildman–Crippen MR) is 57.0 cm³/mol. The molecule has 0 N–H and O–H groups in total. The van der Waals surface area contributed by atoms with Gasteiger partial charge in [0.05, 0.1) is 5.54 Å². The van der Waals surface area contributed by atoms with Crippen molar-refractivity contribution in [3.8, 4) is 0 Å². The number of hydrogen-bond donors (Lipinski definition) is 0. The van der Waals surface area contributed by atoms with Crippen molar-refractivity contribution >= 4 is 11.6 Å². The van der Waals surface area contributed by atoms with Crippen molar-refractivity contribution in [3.05, 3.63) is 16.4 Å². The van der Waals surface area contributed by atoms with E-state index in [1.54, 1.807) is 0 Å². The summed E-state index contributed by atoms with van der Waals surface area (Å²) >= 11 is 6.17. The monoisotopic (exact) mass is 246 g/mol. The zero-order valence-corrected chi connectivity index (χ0v) is 10.1. The molecular formula is C11H13ClF2N2. The van der Waals surface area contributed by atoms with E-state index in [2.05, 4.69) is 5.10 Å². The van der Waals surface area contributed by atoms with E-state index in [0.717, 1.165) is 0 Å². The normalized spacial score (nSPS) is 30.1. The maximum atomic E-state index is 13.8. The summed E-state index contributed by atoms with van der Waals surface area (Å²) in [5.74, 6) is -3.38. The van der Waals surface area contributed by atoms with Crippen molar-refractivity contribution in [3.63, 3.8) is 0 Å². The zero-order valence-electron chi connectivity index (χ0n) is 9.39. The lowest BCUT2D eigenvalue weighted by Crippen LogP contribution is -2.25. The van der Waals surface area contributed by atoms with Gasteiger partial charge in [-0.15, -0.1) is 0 Å². The number of halogens is 3. The highest BCUT2D eigenvalue weighted by Gasteiger charge is 2.66. The first kappa shape index (κ1) is 10.5. The van der Waals surface area contributed by atoms with Crippen LogP contribution in [0.25, 0.3) is 0 Å². The Morgan fingerprint density at radius 1 is 1.44 bits per heavy atom. The molecule has 0 saturated heterocycles. The van der Waals surface area contributed by atoms with Crippen LogP contribution in [-0.4, -0.2) is 9.78 Å². The van der Waals surface area contributed by atoms with Gasteiger partial charge >= 0.3 is 0 Å². The average Bonchev–Trinajstić information content (AvgIpc) is 2.77. The first-order valence-corrected chi connectivity index (χ1v) is 5.79. The van der Waals surface area contributed by atoms with Gasteiger partial charge in [-0.25, -0.2) is 4.68 Å². The summed E-state index contributed by atoms with van der Waals surface area (Å²) in [6, 6.07) is 0. The van der Waals surface area contributed by atoms with E-state index >= 15 is 0 Å². The van der Waals surface area contributed by atoms with E-state index in [0.29, 0.717) is 17.1 Å². The molecule has 16 heavy (non-hydrogen) atoms.